The molecular weight excluding hydrogens is 420 g/mol. The van der Waals surface area contributed by atoms with E-state index in [2.05, 4.69) is 22.2 Å². The van der Waals surface area contributed by atoms with E-state index in [9.17, 15) is 9.59 Å². The van der Waals surface area contributed by atoms with E-state index in [4.69, 9.17) is 9.47 Å². The zero-order valence-electron chi connectivity index (χ0n) is 19.1. The summed E-state index contributed by atoms with van der Waals surface area (Å²) in [6, 6.07) is 15.0. The zero-order valence-corrected chi connectivity index (χ0v) is 19.1. The zero-order chi connectivity index (χ0) is 23.8. The van der Waals surface area contributed by atoms with Crippen molar-refractivity contribution in [2.45, 2.75) is 6.61 Å². The predicted molar refractivity (Wildman–Crippen MR) is 129 cm³/mol. The smallest absolute Gasteiger partial charge is 0.270 e. The molecule has 0 saturated heterocycles. The summed E-state index contributed by atoms with van der Waals surface area (Å²) < 4.78 is 11.3. The highest BCUT2D eigenvalue weighted by Crippen LogP contribution is 2.30. The molecule has 3 rings (SSSR count). The number of nitrogens with zero attached hydrogens (tertiary/aromatic N) is 2. The molecule has 2 N–H and O–H groups in total. The Bertz CT molecular complexity index is 1140. The van der Waals surface area contributed by atoms with Gasteiger partial charge in [0.15, 0.2) is 0 Å². The van der Waals surface area contributed by atoms with Crippen LogP contribution in [0.1, 0.15) is 16.1 Å². The number of aromatic nitrogens is 1. The van der Waals surface area contributed by atoms with Crippen molar-refractivity contribution in [3.05, 3.63) is 72.4 Å². The molecule has 0 spiro atoms. The van der Waals surface area contributed by atoms with Crippen LogP contribution in [0.25, 0.3) is 10.9 Å². The average molecular weight is 449 g/mol. The van der Waals surface area contributed by atoms with Gasteiger partial charge in [0.25, 0.3) is 5.91 Å². The largest absolute Gasteiger partial charge is 0.497 e. The fraction of sp³-hybridized carbons (Fsp3) is 0.240. The Kier molecular flexibility index (Phi) is 7.86. The molecule has 1 heterocycles. The van der Waals surface area contributed by atoms with E-state index in [0.717, 1.165) is 22.4 Å². The minimum Gasteiger partial charge on any atom is -0.497 e. The van der Waals surface area contributed by atoms with Gasteiger partial charge in [-0.3, -0.25) is 9.59 Å². The Hall–Kier alpha value is -4.07. The normalized spacial score (nSPS) is 10.4. The lowest BCUT2D eigenvalue weighted by molar-refractivity contribution is -0.116. The van der Waals surface area contributed by atoms with Crippen molar-refractivity contribution in [2.24, 2.45) is 0 Å². The first-order valence-electron chi connectivity index (χ1n) is 10.5. The Morgan fingerprint density at radius 3 is 2.45 bits per heavy atom. The van der Waals surface area contributed by atoms with Crippen LogP contribution in [-0.4, -0.2) is 51.1 Å². The number of carbonyl (C=O) groups excluding carboxylic acids is 2. The van der Waals surface area contributed by atoms with Crippen molar-refractivity contribution in [1.82, 2.24) is 15.6 Å². The number of hydrogen-bond donors (Lipinski definition) is 2. The fourth-order valence-electron chi connectivity index (χ4n) is 3.10. The van der Waals surface area contributed by atoms with Crippen LogP contribution in [0.4, 0.5) is 5.69 Å². The number of pyridine rings is 1. The molecule has 1 aromatic heterocycles. The van der Waals surface area contributed by atoms with Gasteiger partial charge in [-0.05, 0) is 42.0 Å². The summed E-state index contributed by atoms with van der Waals surface area (Å²) in [6.45, 7) is 4.27. The topological polar surface area (TPSA) is 92.8 Å². The van der Waals surface area contributed by atoms with Crippen molar-refractivity contribution in [3.8, 4) is 11.5 Å². The van der Waals surface area contributed by atoms with Crippen LogP contribution < -0.4 is 25.0 Å². The molecule has 2 aromatic carbocycles. The summed E-state index contributed by atoms with van der Waals surface area (Å²) in [7, 11) is 5.54. The minimum atomic E-state index is -0.351. The molecule has 0 aliphatic heterocycles. The number of hydrogen-bond acceptors (Lipinski definition) is 6. The van der Waals surface area contributed by atoms with E-state index in [1.54, 1.807) is 13.2 Å². The van der Waals surface area contributed by atoms with E-state index in [0.29, 0.717) is 17.9 Å². The van der Waals surface area contributed by atoms with Crippen molar-refractivity contribution >= 4 is 28.4 Å². The lowest BCUT2D eigenvalue weighted by atomic mass is 10.1. The van der Waals surface area contributed by atoms with Crippen LogP contribution in [-0.2, 0) is 11.4 Å². The minimum absolute atomic E-state index is 0.236. The summed E-state index contributed by atoms with van der Waals surface area (Å²) in [5.74, 6) is 0.686. The number of benzene rings is 2. The number of carbonyl (C=O) groups is 2. The second-order valence-electron chi connectivity index (χ2n) is 7.49. The van der Waals surface area contributed by atoms with Gasteiger partial charge < -0.3 is 25.0 Å². The highest BCUT2D eigenvalue weighted by atomic mass is 16.5. The molecular formula is C25H28N4O4. The van der Waals surface area contributed by atoms with Crippen molar-refractivity contribution in [3.63, 3.8) is 0 Å². The van der Waals surface area contributed by atoms with E-state index < -0.39 is 0 Å². The Balaban J connectivity index is 1.84. The standard InChI is InChI=1S/C25H28N4O4/c1-5-24(30)26-12-13-27-25(31)22-15-23(33-16-17-6-9-19(32-4)10-7-17)20-14-18(29(2)3)8-11-21(20)28-22/h5-11,14-15H,1,12-13,16H2,2-4H3,(H,26,30)(H,27,31). The molecule has 8 heteroatoms. The highest BCUT2D eigenvalue weighted by Gasteiger charge is 2.14. The first kappa shape index (κ1) is 23.6. The number of fused-ring (bicyclic) bond motifs is 1. The maximum Gasteiger partial charge on any atom is 0.270 e. The van der Waals surface area contributed by atoms with Crippen molar-refractivity contribution in [2.75, 3.05) is 39.2 Å². The molecule has 0 radical (unpaired) electrons. The van der Waals surface area contributed by atoms with Crippen LogP contribution in [0, 0.1) is 0 Å². The molecule has 8 nitrogen and oxygen atoms in total. The Morgan fingerprint density at radius 2 is 1.79 bits per heavy atom. The van der Waals surface area contributed by atoms with Crippen LogP contribution in [0.15, 0.2) is 61.2 Å². The van der Waals surface area contributed by atoms with Crippen molar-refractivity contribution in [1.29, 1.82) is 0 Å². The van der Waals surface area contributed by atoms with Crippen LogP contribution >= 0.6 is 0 Å². The van der Waals surface area contributed by atoms with E-state index in [-0.39, 0.29) is 30.6 Å². The number of nitrogens with one attached hydrogen (secondary N) is 2. The van der Waals surface area contributed by atoms with Gasteiger partial charge in [-0.15, -0.1) is 0 Å². The van der Waals surface area contributed by atoms with E-state index in [1.807, 2.05) is 61.5 Å². The average Bonchev–Trinajstić information content (AvgIpc) is 2.84. The number of ether oxygens (including phenoxy) is 2. The van der Waals surface area contributed by atoms with Gasteiger partial charge in [0, 0.05) is 44.3 Å². The number of rotatable bonds is 10. The molecule has 2 amide bonds. The summed E-state index contributed by atoms with van der Waals surface area (Å²) in [4.78, 5) is 30.4. The third kappa shape index (κ3) is 6.22. The summed E-state index contributed by atoms with van der Waals surface area (Å²) >= 11 is 0. The Labute approximate surface area is 193 Å². The van der Waals surface area contributed by atoms with E-state index >= 15 is 0 Å². The lowest BCUT2D eigenvalue weighted by Gasteiger charge is -2.16. The monoisotopic (exact) mass is 448 g/mol. The lowest BCUT2D eigenvalue weighted by Crippen LogP contribution is -2.34. The van der Waals surface area contributed by atoms with Gasteiger partial charge in [0.1, 0.15) is 23.8 Å². The van der Waals surface area contributed by atoms with Gasteiger partial charge in [-0.25, -0.2) is 4.98 Å². The molecule has 0 bridgehead atoms. The van der Waals surface area contributed by atoms with Crippen LogP contribution in [0.3, 0.4) is 0 Å². The van der Waals surface area contributed by atoms with Crippen LogP contribution in [0.5, 0.6) is 11.5 Å². The first-order valence-corrected chi connectivity index (χ1v) is 10.5. The SMILES string of the molecule is C=CC(=O)NCCNC(=O)c1cc(OCc2ccc(OC)cc2)c2cc(N(C)C)ccc2n1. The summed E-state index contributed by atoms with van der Waals surface area (Å²) in [6.07, 6.45) is 1.18. The number of methoxy groups -OCH3 is 1. The number of anilines is 1. The van der Waals surface area contributed by atoms with Gasteiger partial charge in [-0.1, -0.05) is 18.7 Å². The van der Waals surface area contributed by atoms with Gasteiger partial charge in [0.2, 0.25) is 5.91 Å². The summed E-state index contributed by atoms with van der Waals surface area (Å²) in [5, 5.41) is 6.18. The second kappa shape index (κ2) is 11.0. The van der Waals surface area contributed by atoms with Gasteiger partial charge >= 0.3 is 0 Å². The molecule has 0 aliphatic carbocycles. The van der Waals surface area contributed by atoms with E-state index in [1.165, 1.54) is 6.08 Å². The van der Waals surface area contributed by atoms with Crippen molar-refractivity contribution < 1.29 is 19.1 Å². The molecule has 0 aliphatic rings. The van der Waals surface area contributed by atoms with Gasteiger partial charge in [0.05, 0.1) is 12.6 Å². The molecule has 33 heavy (non-hydrogen) atoms. The third-order valence-electron chi connectivity index (χ3n) is 4.95. The fourth-order valence-corrected chi connectivity index (χ4v) is 3.10. The Morgan fingerprint density at radius 1 is 1.06 bits per heavy atom. The maximum atomic E-state index is 12.7. The molecule has 0 atom stereocenters. The second-order valence-corrected chi connectivity index (χ2v) is 7.49. The molecule has 0 saturated carbocycles. The molecule has 0 unspecified atom stereocenters. The first-order chi connectivity index (χ1) is 15.9. The number of amides is 2. The highest BCUT2D eigenvalue weighted by molar-refractivity contribution is 5.97. The van der Waals surface area contributed by atoms with Crippen LogP contribution in [0.2, 0.25) is 0 Å². The maximum absolute atomic E-state index is 12.7. The van der Waals surface area contributed by atoms with Gasteiger partial charge in [-0.2, -0.15) is 0 Å². The summed E-state index contributed by atoms with van der Waals surface area (Å²) in [5.41, 5.74) is 2.85. The molecule has 3 aromatic rings. The molecule has 0 fully saturated rings. The quantitative estimate of drug-likeness (QED) is 0.366. The third-order valence-corrected chi connectivity index (χ3v) is 4.95. The molecule has 172 valence electrons. The predicted octanol–water partition coefficient (Wildman–Crippen LogP) is 2.92.